The summed E-state index contributed by atoms with van der Waals surface area (Å²) in [6.07, 6.45) is 4.00. The Morgan fingerprint density at radius 2 is 2.37 bits per heavy atom. The molecule has 0 saturated heterocycles. The SMILES string of the molecule is O=C(NCc1ccccn1)C1Cc2nc[nH]c2CN1. The molecule has 0 spiro atoms. The van der Waals surface area contributed by atoms with Gasteiger partial charge >= 0.3 is 0 Å². The maximum absolute atomic E-state index is 12.1. The lowest BCUT2D eigenvalue weighted by Gasteiger charge is -2.22. The number of hydrogen-bond donors (Lipinski definition) is 3. The number of fused-ring (bicyclic) bond motifs is 1. The summed E-state index contributed by atoms with van der Waals surface area (Å²) in [4.78, 5) is 23.5. The first-order valence-electron chi connectivity index (χ1n) is 6.25. The summed E-state index contributed by atoms with van der Waals surface area (Å²) < 4.78 is 0. The number of amides is 1. The van der Waals surface area contributed by atoms with Crippen LogP contribution in [-0.4, -0.2) is 26.9 Å². The molecule has 1 amide bonds. The van der Waals surface area contributed by atoms with Crippen LogP contribution in [0.25, 0.3) is 0 Å². The number of aromatic amines is 1. The van der Waals surface area contributed by atoms with E-state index in [9.17, 15) is 4.79 Å². The van der Waals surface area contributed by atoms with Crippen molar-refractivity contribution in [1.29, 1.82) is 0 Å². The van der Waals surface area contributed by atoms with Crippen LogP contribution in [0.3, 0.4) is 0 Å². The second-order valence-corrected chi connectivity index (χ2v) is 4.50. The Morgan fingerprint density at radius 1 is 1.42 bits per heavy atom. The van der Waals surface area contributed by atoms with Crippen molar-refractivity contribution in [3.63, 3.8) is 0 Å². The quantitative estimate of drug-likeness (QED) is 0.730. The van der Waals surface area contributed by atoms with Gasteiger partial charge in [0, 0.05) is 19.2 Å². The molecule has 1 aliphatic rings. The van der Waals surface area contributed by atoms with Crippen molar-refractivity contribution < 1.29 is 4.79 Å². The van der Waals surface area contributed by atoms with Crippen LogP contribution in [0.5, 0.6) is 0 Å². The number of pyridine rings is 1. The average molecular weight is 257 g/mol. The first-order valence-corrected chi connectivity index (χ1v) is 6.25. The van der Waals surface area contributed by atoms with Gasteiger partial charge in [0.1, 0.15) is 0 Å². The highest BCUT2D eigenvalue weighted by Crippen LogP contribution is 2.12. The largest absolute Gasteiger partial charge is 0.349 e. The van der Waals surface area contributed by atoms with E-state index in [0.717, 1.165) is 17.1 Å². The van der Waals surface area contributed by atoms with Crippen molar-refractivity contribution in [1.82, 2.24) is 25.6 Å². The van der Waals surface area contributed by atoms with Gasteiger partial charge in [0.05, 0.1) is 36.0 Å². The van der Waals surface area contributed by atoms with Crippen molar-refractivity contribution in [2.45, 2.75) is 25.6 Å². The fourth-order valence-corrected chi connectivity index (χ4v) is 2.16. The molecule has 1 aliphatic heterocycles. The average Bonchev–Trinajstić information content (AvgIpc) is 2.93. The molecule has 3 heterocycles. The monoisotopic (exact) mass is 257 g/mol. The van der Waals surface area contributed by atoms with E-state index < -0.39 is 0 Å². The van der Waals surface area contributed by atoms with Gasteiger partial charge in [-0.3, -0.25) is 15.1 Å². The Labute approximate surface area is 110 Å². The van der Waals surface area contributed by atoms with Crippen molar-refractivity contribution in [3.05, 3.63) is 47.8 Å². The van der Waals surface area contributed by atoms with Crippen LogP contribution in [-0.2, 0) is 24.3 Å². The molecular weight excluding hydrogens is 242 g/mol. The summed E-state index contributed by atoms with van der Waals surface area (Å²) in [5.41, 5.74) is 2.89. The predicted octanol–water partition coefficient (Wildman–Crippen LogP) is 0.135. The molecule has 0 aromatic carbocycles. The molecule has 0 aliphatic carbocycles. The third-order valence-electron chi connectivity index (χ3n) is 3.22. The van der Waals surface area contributed by atoms with E-state index in [0.29, 0.717) is 19.5 Å². The van der Waals surface area contributed by atoms with Gasteiger partial charge in [0.25, 0.3) is 0 Å². The Bertz CT molecular complexity index is 565. The zero-order chi connectivity index (χ0) is 13.1. The number of H-pyrrole nitrogens is 1. The van der Waals surface area contributed by atoms with Gasteiger partial charge in [0.15, 0.2) is 0 Å². The summed E-state index contributed by atoms with van der Waals surface area (Å²) in [6.45, 7) is 1.10. The molecule has 3 N–H and O–H groups in total. The number of nitrogens with zero attached hydrogens (tertiary/aromatic N) is 2. The minimum Gasteiger partial charge on any atom is -0.349 e. The van der Waals surface area contributed by atoms with Crippen molar-refractivity contribution in [2.75, 3.05) is 0 Å². The molecule has 2 aromatic rings. The summed E-state index contributed by atoms with van der Waals surface area (Å²) >= 11 is 0. The summed E-state index contributed by atoms with van der Waals surface area (Å²) in [6, 6.07) is 5.43. The van der Waals surface area contributed by atoms with Crippen molar-refractivity contribution in [3.8, 4) is 0 Å². The first kappa shape index (κ1) is 11.9. The Kier molecular flexibility index (Phi) is 3.24. The van der Waals surface area contributed by atoms with E-state index in [1.807, 2.05) is 18.2 Å². The van der Waals surface area contributed by atoms with E-state index in [1.165, 1.54) is 0 Å². The van der Waals surface area contributed by atoms with Gasteiger partial charge in [-0.05, 0) is 12.1 Å². The second-order valence-electron chi connectivity index (χ2n) is 4.50. The zero-order valence-electron chi connectivity index (χ0n) is 10.4. The number of nitrogens with one attached hydrogen (secondary N) is 3. The topological polar surface area (TPSA) is 82.7 Å². The highest BCUT2D eigenvalue weighted by atomic mass is 16.2. The van der Waals surface area contributed by atoms with Crippen LogP contribution in [0.2, 0.25) is 0 Å². The van der Waals surface area contributed by atoms with Crippen LogP contribution in [0.15, 0.2) is 30.7 Å². The molecule has 2 aromatic heterocycles. The number of aromatic nitrogens is 3. The zero-order valence-corrected chi connectivity index (χ0v) is 10.4. The minimum absolute atomic E-state index is 0.0145. The molecule has 3 rings (SSSR count). The molecule has 19 heavy (non-hydrogen) atoms. The summed E-state index contributed by atoms with van der Waals surface area (Å²) in [5, 5.41) is 6.08. The Balaban J connectivity index is 1.57. The lowest BCUT2D eigenvalue weighted by atomic mass is 10.0. The number of imidazole rings is 1. The van der Waals surface area contributed by atoms with Gasteiger partial charge in [-0.1, -0.05) is 6.07 Å². The van der Waals surface area contributed by atoms with Crippen molar-refractivity contribution in [2.24, 2.45) is 0 Å². The standard InChI is InChI=1S/C13H15N5O/c19-13(16-6-9-3-1-2-4-14-9)11-5-10-12(7-15-11)18-8-17-10/h1-4,8,11,15H,5-7H2,(H,16,19)(H,17,18). The van der Waals surface area contributed by atoms with E-state index in [2.05, 4.69) is 25.6 Å². The molecule has 6 nitrogen and oxygen atoms in total. The molecule has 0 fully saturated rings. The Morgan fingerprint density at radius 3 is 3.21 bits per heavy atom. The molecule has 0 bridgehead atoms. The molecule has 0 saturated carbocycles. The van der Waals surface area contributed by atoms with Crippen LogP contribution in [0, 0.1) is 0 Å². The molecule has 0 radical (unpaired) electrons. The number of hydrogen-bond acceptors (Lipinski definition) is 4. The van der Waals surface area contributed by atoms with Gasteiger partial charge in [0.2, 0.25) is 5.91 Å². The molecule has 1 atom stereocenters. The van der Waals surface area contributed by atoms with Crippen LogP contribution in [0.4, 0.5) is 0 Å². The van der Waals surface area contributed by atoms with Gasteiger partial charge in [-0.15, -0.1) is 0 Å². The minimum atomic E-state index is -0.223. The fraction of sp³-hybridized carbons (Fsp3) is 0.308. The fourth-order valence-electron chi connectivity index (χ4n) is 2.16. The van der Waals surface area contributed by atoms with E-state index in [-0.39, 0.29) is 11.9 Å². The third-order valence-corrected chi connectivity index (χ3v) is 3.22. The van der Waals surface area contributed by atoms with Gasteiger partial charge < -0.3 is 10.3 Å². The van der Waals surface area contributed by atoms with Crippen LogP contribution >= 0.6 is 0 Å². The molecule has 98 valence electrons. The molecular formula is C13H15N5O. The van der Waals surface area contributed by atoms with Crippen LogP contribution < -0.4 is 10.6 Å². The highest BCUT2D eigenvalue weighted by molar-refractivity contribution is 5.82. The highest BCUT2D eigenvalue weighted by Gasteiger charge is 2.25. The lowest BCUT2D eigenvalue weighted by molar-refractivity contribution is -0.123. The van der Waals surface area contributed by atoms with Crippen molar-refractivity contribution >= 4 is 5.91 Å². The predicted molar refractivity (Wildman–Crippen MR) is 69.0 cm³/mol. The number of carbonyl (C=O) groups excluding carboxylic acids is 1. The maximum Gasteiger partial charge on any atom is 0.237 e. The number of carbonyl (C=O) groups is 1. The van der Waals surface area contributed by atoms with E-state index in [4.69, 9.17) is 0 Å². The van der Waals surface area contributed by atoms with E-state index in [1.54, 1.807) is 12.5 Å². The summed E-state index contributed by atoms with van der Waals surface area (Å²) in [5.74, 6) is -0.0145. The molecule has 1 unspecified atom stereocenters. The van der Waals surface area contributed by atoms with Gasteiger partial charge in [-0.25, -0.2) is 4.98 Å². The smallest absolute Gasteiger partial charge is 0.237 e. The normalized spacial score (nSPS) is 17.8. The third kappa shape index (κ3) is 2.63. The first-order chi connectivity index (χ1) is 9.33. The summed E-state index contributed by atoms with van der Waals surface area (Å²) in [7, 11) is 0. The molecule has 6 heteroatoms. The van der Waals surface area contributed by atoms with Crippen LogP contribution in [0.1, 0.15) is 17.1 Å². The van der Waals surface area contributed by atoms with E-state index >= 15 is 0 Å². The number of rotatable bonds is 3. The van der Waals surface area contributed by atoms with Gasteiger partial charge in [-0.2, -0.15) is 0 Å². The maximum atomic E-state index is 12.1. The second kappa shape index (κ2) is 5.19. The lowest BCUT2D eigenvalue weighted by Crippen LogP contribution is -2.47. The Hall–Kier alpha value is -2.21.